The molecule has 1 N–H and O–H groups in total. The average molecular weight is 296 g/mol. The molecule has 90 valence electrons. The lowest BCUT2D eigenvalue weighted by atomic mass is 10.2. The lowest BCUT2D eigenvalue weighted by Crippen LogP contribution is -2.15. The van der Waals surface area contributed by atoms with Crippen LogP contribution in [0.15, 0.2) is 40.5 Å². The fourth-order valence-electron chi connectivity index (χ4n) is 2.29. The summed E-state index contributed by atoms with van der Waals surface area (Å²) in [5.41, 5.74) is 5.37. The number of rotatable bonds is 3. The second-order valence-electron chi connectivity index (χ2n) is 4.41. The van der Waals surface area contributed by atoms with Crippen molar-refractivity contribution in [1.29, 1.82) is 0 Å². The van der Waals surface area contributed by atoms with Gasteiger partial charge in [0.2, 0.25) is 0 Å². The molecule has 17 heavy (non-hydrogen) atoms. The van der Waals surface area contributed by atoms with Crippen LogP contribution in [0.1, 0.15) is 18.4 Å². The lowest BCUT2D eigenvalue weighted by molar-refractivity contribution is 0.000314. The quantitative estimate of drug-likeness (QED) is 0.870. The third kappa shape index (κ3) is 2.39. The molecule has 2 atom stereocenters. The van der Waals surface area contributed by atoms with E-state index in [2.05, 4.69) is 33.5 Å². The van der Waals surface area contributed by atoms with Crippen LogP contribution in [0.25, 0.3) is 0 Å². The Morgan fingerprint density at radius 1 is 1.35 bits per heavy atom. The van der Waals surface area contributed by atoms with Crippen LogP contribution < -0.4 is 5.48 Å². The topological polar surface area (TPSA) is 30.5 Å². The van der Waals surface area contributed by atoms with Crippen LogP contribution in [0.3, 0.4) is 0 Å². The van der Waals surface area contributed by atoms with E-state index in [9.17, 15) is 0 Å². The van der Waals surface area contributed by atoms with Crippen molar-refractivity contribution in [2.45, 2.75) is 31.7 Å². The summed E-state index contributed by atoms with van der Waals surface area (Å²) in [4.78, 5) is 5.42. The molecule has 1 heterocycles. The van der Waals surface area contributed by atoms with E-state index in [4.69, 9.17) is 9.57 Å². The first kappa shape index (κ1) is 11.3. The number of fused-ring (bicyclic) bond motifs is 1. The zero-order chi connectivity index (χ0) is 11.7. The Bertz CT molecular complexity index is 432. The molecular formula is C13H14BrNO2. The number of hydrogen-bond acceptors (Lipinski definition) is 3. The molecule has 1 fully saturated rings. The van der Waals surface area contributed by atoms with Crippen molar-refractivity contribution in [3.63, 3.8) is 0 Å². The number of hydroxylamine groups is 1. The van der Waals surface area contributed by atoms with Gasteiger partial charge in [0.15, 0.2) is 0 Å². The van der Waals surface area contributed by atoms with Gasteiger partial charge in [0.05, 0.1) is 12.7 Å². The van der Waals surface area contributed by atoms with Crippen LogP contribution in [0.5, 0.6) is 0 Å². The first-order chi connectivity index (χ1) is 8.33. The van der Waals surface area contributed by atoms with Crippen molar-refractivity contribution in [3.05, 3.63) is 46.1 Å². The van der Waals surface area contributed by atoms with Crippen molar-refractivity contribution in [3.8, 4) is 0 Å². The van der Waals surface area contributed by atoms with Crippen molar-refractivity contribution >= 4 is 15.9 Å². The molecule has 1 aromatic rings. The average Bonchev–Trinajstić information content (AvgIpc) is 2.91. The predicted octanol–water partition coefficient (Wildman–Crippen LogP) is 2.88. The molecule has 0 spiro atoms. The molecule has 1 aliphatic heterocycles. The normalized spacial score (nSPS) is 27.1. The lowest BCUT2D eigenvalue weighted by Gasteiger charge is -2.12. The van der Waals surface area contributed by atoms with Crippen molar-refractivity contribution < 1.29 is 9.57 Å². The van der Waals surface area contributed by atoms with E-state index in [-0.39, 0.29) is 12.2 Å². The van der Waals surface area contributed by atoms with Crippen LogP contribution >= 0.6 is 15.9 Å². The van der Waals surface area contributed by atoms with E-state index < -0.39 is 0 Å². The highest BCUT2D eigenvalue weighted by Crippen LogP contribution is 2.37. The van der Waals surface area contributed by atoms with E-state index >= 15 is 0 Å². The van der Waals surface area contributed by atoms with Gasteiger partial charge in [0.25, 0.3) is 0 Å². The van der Waals surface area contributed by atoms with E-state index in [1.54, 1.807) is 0 Å². The summed E-state index contributed by atoms with van der Waals surface area (Å²) >= 11 is 3.46. The van der Waals surface area contributed by atoms with Crippen LogP contribution in [0, 0.1) is 0 Å². The Kier molecular flexibility index (Phi) is 3.18. The highest BCUT2D eigenvalue weighted by Gasteiger charge is 2.36. The van der Waals surface area contributed by atoms with Gasteiger partial charge in [-0.1, -0.05) is 30.3 Å². The molecular weight excluding hydrogens is 282 g/mol. The van der Waals surface area contributed by atoms with Crippen molar-refractivity contribution in [2.75, 3.05) is 0 Å². The smallest absolute Gasteiger partial charge is 0.112 e. The second kappa shape index (κ2) is 4.80. The van der Waals surface area contributed by atoms with Crippen molar-refractivity contribution in [1.82, 2.24) is 5.48 Å². The molecule has 3 nitrogen and oxygen atoms in total. The first-order valence-electron chi connectivity index (χ1n) is 5.78. The van der Waals surface area contributed by atoms with Crippen LogP contribution in [0.2, 0.25) is 0 Å². The molecule has 1 aromatic carbocycles. The maximum Gasteiger partial charge on any atom is 0.112 e. The Morgan fingerprint density at radius 2 is 2.18 bits per heavy atom. The molecule has 0 radical (unpaired) electrons. The Morgan fingerprint density at radius 3 is 2.94 bits per heavy atom. The summed E-state index contributed by atoms with van der Waals surface area (Å²) in [7, 11) is 0. The molecule has 0 unspecified atom stereocenters. The predicted molar refractivity (Wildman–Crippen MR) is 68.2 cm³/mol. The van der Waals surface area contributed by atoms with Crippen molar-refractivity contribution in [2.24, 2.45) is 0 Å². The third-order valence-electron chi connectivity index (χ3n) is 3.21. The fourth-order valence-corrected chi connectivity index (χ4v) is 2.81. The largest absolute Gasteiger partial charge is 0.373 e. The maximum absolute atomic E-state index is 5.91. The van der Waals surface area contributed by atoms with Crippen LogP contribution in [-0.2, 0) is 16.2 Å². The number of hydrogen-bond donors (Lipinski definition) is 1. The number of ether oxygens (including phenoxy) is 1. The molecule has 2 aliphatic rings. The van der Waals surface area contributed by atoms with Gasteiger partial charge in [0.1, 0.15) is 10.7 Å². The van der Waals surface area contributed by atoms with E-state index in [1.165, 1.54) is 11.1 Å². The minimum Gasteiger partial charge on any atom is -0.373 e. The standard InChI is InChI=1S/C13H14BrNO2/c14-13-11-6-10(7-12(11)17-15-13)16-8-9-4-2-1-3-5-9/h1-5,10,12,15H,6-8H2/t10-,12+/m0/s1. The summed E-state index contributed by atoms with van der Waals surface area (Å²) < 4.78 is 6.89. The number of nitrogens with one attached hydrogen (secondary N) is 1. The van der Waals surface area contributed by atoms with Gasteiger partial charge >= 0.3 is 0 Å². The Hall–Kier alpha value is -0.840. The minimum atomic E-state index is 0.185. The molecule has 0 aromatic heterocycles. The Labute approximate surface area is 109 Å². The zero-order valence-corrected chi connectivity index (χ0v) is 10.9. The van der Waals surface area contributed by atoms with E-state index in [0.717, 1.165) is 17.4 Å². The summed E-state index contributed by atoms with van der Waals surface area (Å²) in [6.45, 7) is 0.677. The second-order valence-corrected chi connectivity index (χ2v) is 5.20. The highest BCUT2D eigenvalue weighted by molar-refractivity contribution is 9.11. The monoisotopic (exact) mass is 295 g/mol. The minimum absolute atomic E-state index is 0.185. The molecule has 1 aliphatic carbocycles. The van der Waals surface area contributed by atoms with Gasteiger partial charge in [-0.05, 0) is 27.1 Å². The summed E-state index contributed by atoms with van der Waals surface area (Å²) in [6, 6.07) is 10.3. The summed E-state index contributed by atoms with van der Waals surface area (Å²) in [5.74, 6) is 0. The Balaban J connectivity index is 1.57. The van der Waals surface area contributed by atoms with Crippen LogP contribution in [-0.4, -0.2) is 12.2 Å². The third-order valence-corrected chi connectivity index (χ3v) is 3.89. The van der Waals surface area contributed by atoms with E-state index in [0.29, 0.717) is 6.61 Å². The molecule has 0 amide bonds. The van der Waals surface area contributed by atoms with Gasteiger partial charge in [0, 0.05) is 12.8 Å². The van der Waals surface area contributed by atoms with Gasteiger partial charge in [-0.15, -0.1) is 0 Å². The van der Waals surface area contributed by atoms with Gasteiger partial charge < -0.3 is 4.74 Å². The molecule has 1 saturated carbocycles. The SMILES string of the molecule is BrC1=C2C[C@H](OCc3ccccc3)C[C@H]2ON1. The zero-order valence-electron chi connectivity index (χ0n) is 9.36. The van der Waals surface area contributed by atoms with Gasteiger partial charge in [-0.3, -0.25) is 10.3 Å². The highest BCUT2D eigenvalue weighted by atomic mass is 79.9. The molecule has 3 rings (SSSR count). The van der Waals surface area contributed by atoms with Crippen LogP contribution in [0.4, 0.5) is 0 Å². The maximum atomic E-state index is 5.91. The molecule has 0 saturated heterocycles. The summed E-state index contributed by atoms with van der Waals surface area (Å²) in [6.07, 6.45) is 2.34. The van der Waals surface area contributed by atoms with Gasteiger partial charge in [-0.25, -0.2) is 0 Å². The molecule has 0 bridgehead atoms. The fraction of sp³-hybridized carbons (Fsp3) is 0.385. The number of halogens is 1. The summed E-state index contributed by atoms with van der Waals surface area (Å²) in [5, 5.41) is 0. The number of benzene rings is 1. The van der Waals surface area contributed by atoms with E-state index in [1.807, 2.05) is 18.2 Å². The first-order valence-corrected chi connectivity index (χ1v) is 6.58. The molecule has 4 heteroatoms. The van der Waals surface area contributed by atoms with Gasteiger partial charge in [-0.2, -0.15) is 0 Å².